The molecule has 0 atom stereocenters. The Hall–Kier alpha value is -2.79. The number of halogens is 1. The summed E-state index contributed by atoms with van der Waals surface area (Å²) >= 11 is 6.00. The molecule has 6 heteroatoms. The minimum Gasteiger partial charge on any atom is -0.495 e. The van der Waals surface area contributed by atoms with Gasteiger partial charge >= 0.3 is 5.97 Å². The van der Waals surface area contributed by atoms with Crippen LogP contribution in [-0.2, 0) is 16.0 Å². The minimum atomic E-state index is -0.414. The monoisotopic (exact) mass is 371 g/mol. The lowest BCUT2D eigenvalue weighted by Crippen LogP contribution is -2.14. The van der Waals surface area contributed by atoms with Crippen LogP contribution in [0.4, 0.5) is 0 Å². The number of Topliss-reactive ketones (excluding diaryl/α,β-unsaturated/α-hetero) is 1. The van der Waals surface area contributed by atoms with Gasteiger partial charge in [-0.3, -0.25) is 9.59 Å². The highest BCUT2D eigenvalue weighted by Gasteiger charge is 2.13. The highest BCUT2D eigenvalue weighted by Crippen LogP contribution is 2.25. The molecule has 0 unspecified atom stereocenters. The van der Waals surface area contributed by atoms with Crippen LogP contribution in [0.15, 0.2) is 48.7 Å². The Morgan fingerprint density at radius 3 is 2.73 bits per heavy atom. The van der Waals surface area contributed by atoms with E-state index >= 15 is 0 Å². The number of aromatic amines is 1. The summed E-state index contributed by atoms with van der Waals surface area (Å²) in [5, 5.41) is 1.42. The SMILES string of the molecule is COc1ccc(C(=O)COC(=O)CCc2c[nH]c3ccccc23)cc1Cl. The van der Waals surface area contributed by atoms with Crippen LogP contribution in [0.2, 0.25) is 5.02 Å². The predicted octanol–water partition coefficient (Wildman–Crippen LogP) is 4.19. The molecule has 0 spiro atoms. The number of hydrogen-bond donors (Lipinski definition) is 1. The van der Waals surface area contributed by atoms with E-state index in [1.807, 2.05) is 30.5 Å². The van der Waals surface area contributed by atoms with Gasteiger partial charge in [-0.15, -0.1) is 0 Å². The minimum absolute atomic E-state index is 0.207. The van der Waals surface area contributed by atoms with Crippen LogP contribution < -0.4 is 4.74 Å². The van der Waals surface area contributed by atoms with E-state index in [4.69, 9.17) is 21.1 Å². The van der Waals surface area contributed by atoms with Crippen molar-refractivity contribution in [3.05, 3.63) is 64.8 Å². The third-order valence-corrected chi connectivity index (χ3v) is 4.41. The number of nitrogens with one attached hydrogen (secondary N) is 1. The molecule has 2 aromatic carbocycles. The molecule has 0 saturated heterocycles. The van der Waals surface area contributed by atoms with Crippen molar-refractivity contribution in [1.29, 1.82) is 0 Å². The van der Waals surface area contributed by atoms with Crippen molar-refractivity contribution in [3.63, 3.8) is 0 Å². The first-order valence-corrected chi connectivity index (χ1v) is 8.53. The fourth-order valence-electron chi connectivity index (χ4n) is 2.72. The van der Waals surface area contributed by atoms with Gasteiger partial charge in [-0.05, 0) is 36.2 Å². The van der Waals surface area contributed by atoms with E-state index in [0.717, 1.165) is 16.5 Å². The summed E-state index contributed by atoms with van der Waals surface area (Å²) in [6, 6.07) is 12.6. The van der Waals surface area contributed by atoms with Crippen LogP contribution in [0, 0.1) is 0 Å². The van der Waals surface area contributed by atoms with Crippen molar-refractivity contribution in [2.75, 3.05) is 13.7 Å². The van der Waals surface area contributed by atoms with Crippen molar-refractivity contribution in [3.8, 4) is 5.75 Å². The molecule has 0 aliphatic rings. The van der Waals surface area contributed by atoms with Gasteiger partial charge in [-0.1, -0.05) is 29.8 Å². The van der Waals surface area contributed by atoms with Crippen molar-refractivity contribution >= 4 is 34.3 Å². The molecule has 5 nitrogen and oxygen atoms in total. The first-order valence-electron chi connectivity index (χ1n) is 8.16. The number of ketones is 1. The molecular formula is C20H18ClNO4. The number of rotatable bonds is 7. The average Bonchev–Trinajstić information content (AvgIpc) is 3.07. The van der Waals surface area contributed by atoms with Crippen LogP contribution in [0.1, 0.15) is 22.3 Å². The molecule has 0 radical (unpaired) electrons. The first-order chi connectivity index (χ1) is 12.6. The summed E-state index contributed by atoms with van der Waals surface area (Å²) in [5.74, 6) is -0.239. The van der Waals surface area contributed by atoms with Crippen LogP contribution in [0.5, 0.6) is 5.75 Å². The Kier molecular flexibility index (Phi) is 5.58. The van der Waals surface area contributed by atoms with Gasteiger partial charge in [0.05, 0.1) is 12.1 Å². The fraction of sp³-hybridized carbons (Fsp3) is 0.200. The molecular weight excluding hydrogens is 354 g/mol. The molecule has 0 bridgehead atoms. The van der Waals surface area contributed by atoms with Gasteiger partial charge in [0.15, 0.2) is 12.4 Å². The summed E-state index contributed by atoms with van der Waals surface area (Å²) in [6.07, 6.45) is 2.65. The maximum absolute atomic E-state index is 12.1. The Labute approximate surface area is 155 Å². The average molecular weight is 372 g/mol. The first kappa shape index (κ1) is 18.0. The molecule has 26 heavy (non-hydrogen) atoms. The van der Waals surface area contributed by atoms with E-state index in [0.29, 0.717) is 22.8 Å². The van der Waals surface area contributed by atoms with E-state index in [1.54, 1.807) is 12.1 Å². The van der Waals surface area contributed by atoms with Crippen LogP contribution >= 0.6 is 11.6 Å². The Morgan fingerprint density at radius 1 is 1.15 bits per heavy atom. The molecule has 134 valence electrons. The van der Waals surface area contributed by atoms with Crippen LogP contribution in [0.3, 0.4) is 0 Å². The topological polar surface area (TPSA) is 68.4 Å². The van der Waals surface area contributed by atoms with Gasteiger partial charge < -0.3 is 14.5 Å². The third-order valence-electron chi connectivity index (χ3n) is 4.11. The molecule has 3 rings (SSSR count). The molecule has 1 aromatic heterocycles. The zero-order valence-corrected chi connectivity index (χ0v) is 15.0. The van der Waals surface area contributed by atoms with Gasteiger partial charge in [0, 0.05) is 29.1 Å². The second-order valence-corrected chi connectivity index (χ2v) is 6.20. The number of ether oxygens (including phenoxy) is 2. The van der Waals surface area contributed by atoms with Crippen LogP contribution in [0.25, 0.3) is 10.9 Å². The molecule has 0 fully saturated rings. The van der Waals surface area contributed by atoms with Gasteiger partial charge in [0.1, 0.15) is 5.75 Å². The number of para-hydroxylation sites is 1. The summed E-state index contributed by atoms with van der Waals surface area (Å²) in [6.45, 7) is -0.310. The lowest BCUT2D eigenvalue weighted by Gasteiger charge is -2.07. The van der Waals surface area contributed by atoms with Crippen LogP contribution in [-0.4, -0.2) is 30.5 Å². The predicted molar refractivity (Wildman–Crippen MR) is 99.9 cm³/mol. The Bertz CT molecular complexity index is 948. The molecule has 0 amide bonds. The Balaban J connectivity index is 1.52. The zero-order chi connectivity index (χ0) is 18.5. The maximum atomic E-state index is 12.1. The zero-order valence-electron chi connectivity index (χ0n) is 14.3. The number of esters is 1. The highest BCUT2D eigenvalue weighted by molar-refractivity contribution is 6.32. The number of carbonyl (C=O) groups excluding carboxylic acids is 2. The number of aryl methyl sites for hydroxylation is 1. The van der Waals surface area contributed by atoms with E-state index in [-0.39, 0.29) is 18.8 Å². The number of carbonyl (C=O) groups is 2. The van der Waals surface area contributed by atoms with E-state index < -0.39 is 5.97 Å². The summed E-state index contributed by atoms with van der Waals surface area (Å²) in [4.78, 5) is 27.2. The fourth-order valence-corrected chi connectivity index (χ4v) is 2.97. The maximum Gasteiger partial charge on any atom is 0.306 e. The quantitative estimate of drug-likeness (QED) is 0.499. The largest absolute Gasteiger partial charge is 0.495 e. The van der Waals surface area contributed by atoms with Crippen molar-refractivity contribution < 1.29 is 19.1 Å². The summed E-state index contributed by atoms with van der Waals surface area (Å²) in [7, 11) is 1.50. The van der Waals surface area contributed by atoms with Crippen molar-refractivity contribution in [2.24, 2.45) is 0 Å². The van der Waals surface area contributed by atoms with E-state index in [9.17, 15) is 9.59 Å². The second-order valence-electron chi connectivity index (χ2n) is 5.79. The number of fused-ring (bicyclic) bond motifs is 1. The van der Waals surface area contributed by atoms with Crippen molar-refractivity contribution in [1.82, 2.24) is 4.98 Å². The third kappa shape index (κ3) is 4.06. The molecule has 3 aromatic rings. The second kappa shape index (κ2) is 8.06. The number of aromatic nitrogens is 1. The summed E-state index contributed by atoms with van der Waals surface area (Å²) in [5.41, 5.74) is 2.45. The van der Waals surface area contributed by atoms with Gasteiger partial charge in [-0.25, -0.2) is 0 Å². The highest BCUT2D eigenvalue weighted by atomic mass is 35.5. The molecule has 1 N–H and O–H groups in total. The number of H-pyrrole nitrogens is 1. The lowest BCUT2D eigenvalue weighted by atomic mass is 10.1. The smallest absolute Gasteiger partial charge is 0.306 e. The van der Waals surface area contributed by atoms with E-state index in [2.05, 4.69) is 4.98 Å². The standard InChI is InChI=1S/C20H18ClNO4/c1-25-19-8-6-13(10-16(19)21)18(23)12-26-20(24)9-7-14-11-22-17-5-3-2-4-15(14)17/h2-6,8,10-11,22H,7,9,12H2,1H3. The van der Waals surface area contributed by atoms with Crippen molar-refractivity contribution in [2.45, 2.75) is 12.8 Å². The number of methoxy groups -OCH3 is 1. The molecule has 1 heterocycles. The van der Waals surface area contributed by atoms with Gasteiger partial charge in [0.25, 0.3) is 0 Å². The molecule has 0 aliphatic heterocycles. The van der Waals surface area contributed by atoms with Gasteiger partial charge in [0.2, 0.25) is 0 Å². The molecule has 0 aliphatic carbocycles. The molecule has 0 saturated carbocycles. The lowest BCUT2D eigenvalue weighted by molar-refractivity contribution is -0.142. The van der Waals surface area contributed by atoms with E-state index in [1.165, 1.54) is 13.2 Å². The Morgan fingerprint density at radius 2 is 1.96 bits per heavy atom. The summed E-state index contributed by atoms with van der Waals surface area (Å²) < 4.78 is 10.1. The normalized spacial score (nSPS) is 10.7. The number of benzene rings is 2. The number of hydrogen-bond acceptors (Lipinski definition) is 4. The van der Waals surface area contributed by atoms with Gasteiger partial charge in [-0.2, -0.15) is 0 Å².